The summed E-state index contributed by atoms with van der Waals surface area (Å²) in [6, 6.07) is 8.94. The Kier molecular flexibility index (Phi) is 8.58. The van der Waals surface area contributed by atoms with E-state index in [-0.39, 0.29) is 12.4 Å². The molecule has 0 radical (unpaired) electrons. The number of ether oxygens (including phenoxy) is 2. The Balaban J connectivity index is 1.31. The smallest absolute Gasteiger partial charge is 0.416 e. The van der Waals surface area contributed by atoms with Crippen molar-refractivity contribution in [1.29, 1.82) is 0 Å². The Morgan fingerprint density at radius 1 is 1.14 bits per heavy atom. The molecule has 1 saturated heterocycles. The van der Waals surface area contributed by atoms with Gasteiger partial charge in [0, 0.05) is 32.7 Å². The first-order valence-electron chi connectivity index (χ1n) is 11.7. The summed E-state index contributed by atoms with van der Waals surface area (Å²) in [5.74, 6) is 0.233. The number of halogens is 4. The molecule has 11 heteroatoms. The van der Waals surface area contributed by atoms with Gasteiger partial charge in [0.25, 0.3) is 0 Å². The number of hydrogen-bond acceptors (Lipinski definition) is 7. The van der Waals surface area contributed by atoms with E-state index < -0.39 is 11.7 Å². The Bertz CT molecular complexity index is 1200. The highest BCUT2D eigenvalue weighted by Crippen LogP contribution is 2.35. The lowest BCUT2D eigenvalue weighted by Gasteiger charge is -2.21. The first-order valence-corrected chi connectivity index (χ1v) is 12.9. The van der Waals surface area contributed by atoms with Crippen LogP contribution in [0.25, 0.3) is 10.2 Å². The summed E-state index contributed by atoms with van der Waals surface area (Å²) in [6.45, 7) is 6.39. The SMILES string of the molecule is CCOC(=O)Cc1ccc(Cl)c(OCCN2CCCN(c3nc4ccc(C(F)(F)F)cc4s3)CC2)c1. The molecule has 3 aromatic rings. The van der Waals surface area contributed by atoms with Crippen molar-refractivity contribution in [3.8, 4) is 5.75 Å². The molecule has 1 aromatic heterocycles. The number of carbonyl (C=O) groups is 1. The molecule has 0 atom stereocenters. The third kappa shape index (κ3) is 6.80. The average Bonchev–Trinajstić information content (AvgIpc) is 3.11. The molecule has 2 aromatic carbocycles. The largest absolute Gasteiger partial charge is 0.491 e. The van der Waals surface area contributed by atoms with Crippen LogP contribution in [0, 0.1) is 0 Å². The zero-order chi connectivity index (χ0) is 25.7. The van der Waals surface area contributed by atoms with Gasteiger partial charge in [0.1, 0.15) is 12.4 Å². The van der Waals surface area contributed by atoms with Crippen molar-refractivity contribution in [2.24, 2.45) is 0 Å². The van der Waals surface area contributed by atoms with Crippen LogP contribution in [0.4, 0.5) is 18.3 Å². The number of aromatic nitrogens is 1. The zero-order valence-electron chi connectivity index (χ0n) is 19.8. The van der Waals surface area contributed by atoms with Crippen molar-refractivity contribution >= 4 is 44.3 Å². The number of carbonyl (C=O) groups excluding carboxylic acids is 1. The van der Waals surface area contributed by atoms with Crippen LogP contribution in [0.2, 0.25) is 5.02 Å². The fourth-order valence-corrected chi connectivity index (χ4v) is 5.27. The van der Waals surface area contributed by atoms with E-state index in [1.807, 2.05) is 0 Å². The Hall–Kier alpha value is -2.56. The zero-order valence-corrected chi connectivity index (χ0v) is 21.4. The number of alkyl halides is 3. The van der Waals surface area contributed by atoms with Crippen molar-refractivity contribution in [2.45, 2.75) is 25.9 Å². The maximum Gasteiger partial charge on any atom is 0.416 e. The van der Waals surface area contributed by atoms with Gasteiger partial charge in [0.15, 0.2) is 5.13 Å². The number of benzene rings is 2. The van der Waals surface area contributed by atoms with Crippen LogP contribution in [0.1, 0.15) is 24.5 Å². The number of anilines is 1. The minimum atomic E-state index is -4.37. The molecule has 0 N–H and O–H groups in total. The molecule has 36 heavy (non-hydrogen) atoms. The number of esters is 1. The molecule has 0 bridgehead atoms. The van der Waals surface area contributed by atoms with E-state index in [1.54, 1.807) is 25.1 Å². The van der Waals surface area contributed by atoms with Gasteiger partial charge < -0.3 is 14.4 Å². The molecule has 194 valence electrons. The quantitative estimate of drug-likeness (QED) is 0.343. The van der Waals surface area contributed by atoms with Crippen LogP contribution >= 0.6 is 22.9 Å². The monoisotopic (exact) mass is 541 g/mol. The van der Waals surface area contributed by atoms with E-state index in [4.69, 9.17) is 21.1 Å². The number of rotatable bonds is 8. The highest BCUT2D eigenvalue weighted by Gasteiger charge is 2.31. The summed E-state index contributed by atoms with van der Waals surface area (Å²) in [6.07, 6.45) is -3.30. The molecule has 0 saturated carbocycles. The average molecular weight is 542 g/mol. The first kappa shape index (κ1) is 26.5. The fourth-order valence-electron chi connectivity index (χ4n) is 4.04. The van der Waals surface area contributed by atoms with E-state index in [0.717, 1.165) is 49.4 Å². The maximum atomic E-state index is 13.0. The first-order chi connectivity index (χ1) is 17.2. The van der Waals surface area contributed by atoms with Gasteiger partial charge in [-0.15, -0.1) is 0 Å². The van der Waals surface area contributed by atoms with Crippen molar-refractivity contribution in [3.63, 3.8) is 0 Å². The molecule has 4 rings (SSSR count). The third-order valence-corrected chi connectivity index (χ3v) is 7.27. The summed E-state index contributed by atoms with van der Waals surface area (Å²) < 4.78 is 50.6. The highest BCUT2D eigenvalue weighted by atomic mass is 35.5. The van der Waals surface area contributed by atoms with E-state index in [0.29, 0.717) is 40.7 Å². The van der Waals surface area contributed by atoms with Crippen LogP contribution in [0.3, 0.4) is 0 Å². The molecular weight excluding hydrogens is 515 g/mol. The van der Waals surface area contributed by atoms with Crippen molar-refractivity contribution in [1.82, 2.24) is 9.88 Å². The van der Waals surface area contributed by atoms with E-state index in [9.17, 15) is 18.0 Å². The van der Waals surface area contributed by atoms with E-state index in [2.05, 4.69) is 14.8 Å². The van der Waals surface area contributed by atoms with Gasteiger partial charge in [-0.2, -0.15) is 13.2 Å². The predicted molar refractivity (Wildman–Crippen MR) is 135 cm³/mol. The molecule has 2 heterocycles. The van der Waals surface area contributed by atoms with Crippen LogP contribution in [0.5, 0.6) is 5.75 Å². The number of hydrogen-bond donors (Lipinski definition) is 0. The maximum absolute atomic E-state index is 13.0. The Morgan fingerprint density at radius 3 is 2.75 bits per heavy atom. The number of nitrogens with zero attached hydrogens (tertiary/aromatic N) is 3. The van der Waals surface area contributed by atoms with Crippen LogP contribution < -0.4 is 9.64 Å². The molecule has 6 nitrogen and oxygen atoms in total. The van der Waals surface area contributed by atoms with Crippen LogP contribution in [-0.2, 0) is 22.1 Å². The van der Waals surface area contributed by atoms with Crippen LogP contribution in [0.15, 0.2) is 36.4 Å². The molecular formula is C25H27ClF3N3O3S. The number of thiazole rings is 1. The van der Waals surface area contributed by atoms with Gasteiger partial charge in [-0.05, 0) is 49.2 Å². The van der Waals surface area contributed by atoms with E-state index in [1.165, 1.54) is 23.5 Å². The summed E-state index contributed by atoms with van der Waals surface area (Å²) in [5.41, 5.74) is 0.704. The predicted octanol–water partition coefficient (Wildman–Crippen LogP) is 5.67. The fraction of sp³-hybridized carbons (Fsp3) is 0.440. The Labute approximate surface area is 216 Å². The molecule has 1 fully saturated rings. The lowest BCUT2D eigenvalue weighted by molar-refractivity contribution is -0.142. The molecule has 0 unspecified atom stereocenters. The molecule has 1 aliphatic heterocycles. The third-order valence-electron chi connectivity index (χ3n) is 5.88. The normalized spacial score (nSPS) is 15.2. The standard InChI is InChI=1S/C25H27ClF3N3O3S/c1-2-34-23(33)15-17-4-6-19(26)21(14-17)35-13-12-31-8-3-9-32(11-10-31)24-30-20-7-5-18(25(27,28)29)16-22(20)36-24/h4-7,14,16H,2-3,8-13,15H2,1H3. The van der Waals surface area contributed by atoms with Gasteiger partial charge in [-0.3, -0.25) is 9.69 Å². The van der Waals surface area contributed by atoms with Gasteiger partial charge >= 0.3 is 12.1 Å². The number of fused-ring (bicyclic) bond motifs is 1. The van der Waals surface area contributed by atoms with Crippen molar-refractivity contribution in [2.75, 3.05) is 50.8 Å². The Morgan fingerprint density at radius 2 is 1.97 bits per heavy atom. The second-order valence-corrected chi connectivity index (χ2v) is 9.87. The van der Waals surface area contributed by atoms with Gasteiger partial charge in [0.05, 0.1) is 33.8 Å². The van der Waals surface area contributed by atoms with E-state index >= 15 is 0 Å². The van der Waals surface area contributed by atoms with Crippen LogP contribution in [-0.4, -0.2) is 61.8 Å². The van der Waals surface area contributed by atoms with Gasteiger partial charge in [0.2, 0.25) is 0 Å². The lowest BCUT2D eigenvalue weighted by atomic mass is 10.1. The molecule has 0 amide bonds. The lowest BCUT2D eigenvalue weighted by Crippen LogP contribution is -2.33. The summed E-state index contributed by atoms with van der Waals surface area (Å²) in [7, 11) is 0. The van der Waals surface area contributed by atoms with Gasteiger partial charge in [-0.1, -0.05) is 29.0 Å². The summed E-state index contributed by atoms with van der Waals surface area (Å²) >= 11 is 7.56. The topological polar surface area (TPSA) is 54.9 Å². The molecule has 0 aliphatic carbocycles. The minimum Gasteiger partial charge on any atom is -0.491 e. The summed E-state index contributed by atoms with van der Waals surface area (Å²) in [4.78, 5) is 20.7. The second kappa shape index (κ2) is 11.7. The van der Waals surface area contributed by atoms with Crippen molar-refractivity contribution in [3.05, 3.63) is 52.5 Å². The molecule has 0 spiro atoms. The summed E-state index contributed by atoms with van der Waals surface area (Å²) in [5, 5.41) is 1.22. The van der Waals surface area contributed by atoms with Crippen molar-refractivity contribution < 1.29 is 27.4 Å². The second-order valence-electron chi connectivity index (χ2n) is 8.45. The highest BCUT2D eigenvalue weighted by molar-refractivity contribution is 7.22. The minimum absolute atomic E-state index is 0.159. The van der Waals surface area contributed by atoms with Gasteiger partial charge in [-0.25, -0.2) is 4.98 Å². The molecule has 1 aliphatic rings.